The van der Waals surface area contributed by atoms with Crippen LogP contribution < -0.4 is 0 Å². The van der Waals surface area contributed by atoms with Crippen molar-refractivity contribution in [1.29, 1.82) is 0 Å². The number of nitrogens with zero attached hydrogens (tertiary/aromatic N) is 2. The smallest absolute Gasteiger partial charge is 0.160 e. The quantitative estimate of drug-likeness (QED) is 0.186. The van der Waals surface area contributed by atoms with Crippen LogP contribution in [0.2, 0.25) is 0 Å². The summed E-state index contributed by atoms with van der Waals surface area (Å²) in [6.45, 7) is 0. The summed E-state index contributed by atoms with van der Waals surface area (Å²) < 4.78 is 6.89. The number of fused-ring (bicyclic) bond motifs is 5. The van der Waals surface area contributed by atoms with Gasteiger partial charge in [-0.25, -0.2) is 9.97 Å². The normalized spacial score (nSPS) is 11.5. The first-order chi connectivity index (χ1) is 25.3. The predicted octanol–water partition coefficient (Wildman–Crippen LogP) is 13.0. The van der Waals surface area contributed by atoms with Gasteiger partial charge < -0.3 is 4.42 Å². The molecule has 3 heteroatoms. The number of aromatic nitrogens is 2. The number of benzene rings is 8. The molecule has 8 aromatic carbocycles. The van der Waals surface area contributed by atoms with Gasteiger partial charge in [0, 0.05) is 38.6 Å². The van der Waals surface area contributed by atoms with E-state index in [1.807, 2.05) is 18.2 Å². The number of para-hydroxylation sites is 1. The molecule has 0 fully saturated rings. The summed E-state index contributed by atoms with van der Waals surface area (Å²) in [7, 11) is 0. The van der Waals surface area contributed by atoms with Crippen LogP contribution >= 0.6 is 0 Å². The van der Waals surface area contributed by atoms with Gasteiger partial charge in [-0.05, 0) is 50.9 Å². The molecule has 0 amide bonds. The zero-order valence-electron chi connectivity index (χ0n) is 27.6. The Morgan fingerprint density at radius 1 is 0.333 bits per heavy atom. The second-order valence-electron chi connectivity index (χ2n) is 13.0. The van der Waals surface area contributed by atoms with Gasteiger partial charge in [0.2, 0.25) is 0 Å². The van der Waals surface area contributed by atoms with Gasteiger partial charge >= 0.3 is 0 Å². The maximum Gasteiger partial charge on any atom is 0.160 e. The van der Waals surface area contributed by atoms with Gasteiger partial charge in [0.05, 0.1) is 11.4 Å². The number of hydrogen-bond acceptors (Lipinski definition) is 3. The third-order valence-electron chi connectivity index (χ3n) is 9.87. The van der Waals surface area contributed by atoms with Crippen LogP contribution in [0.1, 0.15) is 0 Å². The molecule has 0 aliphatic heterocycles. The fraction of sp³-hybridized carbons (Fsp3) is 0. The molecule has 0 saturated heterocycles. The molecular formula is C48H30N2O. The highest BCUT2D eigenvalue weighted by molar-refractivity contribution is 6.19. The van der Waals surface area contributed by atoms with E-state index in [4.69, 9.17) is 14.4 Å². The molecular weight excluding hydrogens is 621 g/mol. The molecule has 238 valence electrons. The minimum atomic E-state index is 0.703. The Hall–Kier alpha value is -6.84. The minimum Gasteiger partial charge on any atom is -0.455 e. The van der Waals surface area contributed by atoms with Crippen molar-refractivity contribution in [3.63, 3.8) is 0 Å². The Labute approximate surface area is 295 Å². The Kier molecular flexibility index (Phi) is 6.81. The average molecular weight is 651 g/mol. The van der Waals surface area contributed by atoms with Crippen molar-refractivity contribution in [2.45, 2.75) is 0 Å². The lowest BCUT2D eigenvalue weighted by Gasteiger charge is -2.11. The van der Waals surface area contributed by atoms with Crippen LogP contribution in [0.25, 0.3) is 99.6 Å². The lowest BCUT2D eigenvalue weighted by atomic mass is 9.94. The fourth-order valence-corrected chi connectivity index (χ4v) is 7.34. The highest BCUT2D eigenvalue weighted by Crippen LogP contribution is 2.43. The van der Waals surface area contributed by atoms with Crippen LogP contribution in [0.3, 0.4) is 0 Å². The highest BCUT2D eigenvalue weighted by Gasteiger charge is 2.19. The van der Waals surface area contributed by atoms with Crippen LogP contribution in [-0.2, 0) is 0 Å². The van der Waals surface area contributed by atoms with E-state index in [1.165, 1.54) is 21.5 Å². The number of rotatable bonds is 5. The van der Waals surface area contributed by atoms with Crippen LogP contribution in [0.15, 0.2) is 186 Å². The number of hydrogen-bond donors (Lipinski definition) is 0. The molecule has 0 N–H and O–H groups in total. The molecule has 10 aromatic rings. The van der Waals surface area contributed by atoms with E-state index in [1.54, 1.807) is 0 Å². The largest absolute Gasteiger partial charge is 0.455 e. The molecule has 51 heavy (non-hydrogen) atoms. The van der Waals surface area contributed by atoms with Crippen molar-refractivity contribution in [3.8, 4) is 56.2 Å². The Morgan fingerprint density at radius 3 is 1.73 bits per heavy atom. The topological polar surface area (TPSA) is 38.9 Å². The van der Waals surface area contributed by atoms with Crippen molar-refractivity contribution >= 4 is 43.5 Å². The lowest BCUT2D eigenvalue weighted by Crippen LogP contribution is -1.96. The monoisotopic (exact) mass is 650 g/mol. The molecule has 0 saturated carbocycles. The molecule has 2 aromatic heterocycles. The molecule has 0 radical (unpaired) electrons. The van der Waals surface area contributed by atoms with Gasteiger partial charge in [0.15, 0.2) is 5.82 Å². The zero-order chi connectivity index (χ0) is 33.7. The molecule has 0 unspecified atom stereocenters. The van der Waals surface area contributed by atoms with E-state index in [-0.39, 0.29) is 0 Å². The zero-order valence-corrected chi connectivity index (χ0v) is 27.6. The molecule has 2 heterocycles. The minimum absolute atomic E-state index is 0.703. The van der Waals surface area contributed by atoms with E-state index in [0.717, 1.165) is 72.3 Å². The third kappa shape index (κ3) is 5.06. The maximum absolute atomic E-state index is 6.89. The standard InChI is InChI=1S/C48H30N2O/c1-3-13-34(14-4-1)45-39-19-10-9-18-37(39)29-42-41-21-11-20-40(46(41)51-47(42)45)32-23-25-33(26-24-32)43-30-44(50-48(49-43)35-15-5-2-6-16-35)38-27-22-31-12-7-8-17-36(31)28-38/h1-30H. The summed E-state index contributed by atoms with van der Waals surface area (Å²) in [4.78, 5) is 10.1. The van der Waals surface area contributed by atoms with Crippen molar-refractivity contribution in [1.82, 2.24) is 9.97 Å². The van der Waals surface area contributed by atoms with Gasteiger partial charge in [-0.3, -0.25) is 0 Å². The average Bonchev–Trinajstić information content (AvgIpc) is 3.58. The van der Waals surface area contributed by atoms with Gasteiger partial charge in [-0.1, -0.05) is 164 Å². The second-order valence-corrected chi connectivity index (χ2v) is 13.0. The van der Waals surface area contributed by atoms with E-state index < -0.39 is 0 Å². The van der Waals surface area contributed by atoms with E-state index in [2.05, 4.69) is 164 Å². The summed E-state index contributed by atoms with van der Waals surface area (Å²) in [5, 5.41) is 7.01. The molecule has 0 atom stereocenters. The van der Waals surface area contributed by atoms with Crippen molar-refractivity contribution < 1.29 is 4.42 Å². The van der Waals surface area contributed by atoms with Crippen LogP contribution in [0.5, 0.6) is 0 Å². The summed E-state index contributed by atoms with van der Waals surface area (Å²) >= 11 is 0. The Bertz CT molecular complexity index is 2890. The SMILES string of the molecule is c1ccc(-c2nc(-c3ccc(-c4cccc5c4oc4c(-c6ccccc6)c6ccccc6cc45)cc3)cc(-c3ccc4ccccc4c3)n2)cc1. The predicted molar refractivity (Wildman–Crippen MR) is 212 cm³/mol. The molecule has 0 bridgehead atoms. The molecule has 0 spiro atoms. The summed E-state index contributed by atoms with van der Waals surface area (Å²) in [6.07, 6.45) is 0. The van der Waals surface area contributed by atoms with Crippen LogP contribution in [0.4, 0.5) is 0 Å². The van der Waals surface area contributed by atoms with E-state index >= 15 is 0 Å². The highest BCUT2D eigenvalue weighted by atomic mass is 16.3. The first-order valence-corrected chi connectivity index (χ1v) is 17.2. The second kappa shape index (κ2) is 11.9. The summed E-state index contributed by atoms with van der Waals surface area (Å²) in [5.74, 6) is 0.703. The fourth-order valence-electron chi connectivity index (χ4n) is 7.34. The lowest BCUT2D eigenvalue weighted by molar-refractivity contribution is 0.671. The molecule has 10 rings (SSSR count). The Balaban J connectivity index is 1.10. The van der Waals surface area contributed by atoms with Gasteiger partial charge in [0.25, 0.3) is 0 Å². The van der Waals surface area contributed by atoms with Crippen molar-refractivity contribution in [3.05, 3.63) is 182 Å². The van der Waals surface area contributed by atoms with Gasteiger partial charge in [-0.2, -0.15) is 0 Å². The van der Waals surface area contributed by atoms with E-state index in [9.17, 15) is 0 Å². The van der Waals surface area contributed by atoms with Gasteiger partial charge in [-0.15, -0.1) is 0 Å². The van der Waals surface area contributed by atoms with Crippen LogP contribution in [0, 0.1) is 0 Å². The third-order valence-corrected chi connectivity index (χ3v) is 9.87. The molecule has 0 aliphatic carbocycles. The first kappa shape index (κ1) is 29.1. The summed E-state index contributed by atoms with van der Waals surface area (Å²) in [6, 6.07) is 63.7. The molecule has 0 aliphatic rings. The van der Waals surface area contributed by atoms with E-state index in [0.29, 0.717) is 5.82 Å². The molecule has 3 nitrogen and oxygen atoms in total. The maximum atomic E-state index is 6.89. The Morgan fingerprint density at radius 2 is 0.941 bits per heavy atom. The van der Waals surface area contributed by atoms with Crippen molar-refractivity contribution in [2.75, 3.05) is 0 Å². The summed E-state index contributed by atoms with van der Waals surface area (Å²) in [5.41, 5.74) is 11.0. The van der Waals surface area contributed by atoms with Gasteiger partial charge in [0.1, 0.15) is 11.2 Å². The van der Waals surface area contributed by atoms with Crippen molar-refractivity contribution in [2.24, 2.45) is 0 Å². The number of furan rings is 1. The van der Waals surface area contributed by atoms with Crippen LogP contribution in [-0.4, -0.2) is 9.97 Å². The first-order valence-electron chi connectivity index (χ1n) is 17.2.